The molecule has 0 aliphatic rings. The topological polar surface area (TPSA) is 65.7 Å². The Hall–Kier alpha value is -3.40. The van der Waals surface area contributed by atoms with Crippen LogP contribution < -0.4 is 0 Å². The maximum atomic E-state index is 12.2. The number of ketones is 2. The van der Waals surface area contributed by atoms with Crippen LogP contribution in [0.1, 0.15) is 21.0 Å². The average molecular weight is 314 g/mol. The van der Waals surface area contributed by atoms with Crippen LogP contribution in [0.25, 0.3) is 21.8 Å². The van der Waals surface area contributed by atoms with Crippen LogP contribution in [0.4, 0.5) is 0 Å². The molecule has 2 N–H and O–H groups in total. The number of aromatic amines is 2. The van der Waals surface area contributed by atoms with E-state index in [0.717, 1.165) is 21.8 Å². The number of aromatic nitrogens is 2. The predicted molar refractivity (Wildman–Crippen MR) is 94.4 cm³/mol. The van der Waals surface area contributed by atoms with Gasteiger partial charge in [0.1, 0.15) is 0 Å². The lowest BCUT2D eigenvalue weighted by atomic mass is 10.2. The first-order chi connectivity index (χ1) is 11.7. The summed E-state index contributed by atoms with van der Waals surface area (Å²) >= 11 is 0. The second-order valence-electron chi connectivity index (χ2n) is 5.60. The van der Waals surface area contributed by atoms with Gasteiger partial charge < -0.3 is 9.97 Å². The fourth-order valence-electron chi connectivity index (χ4n) is 2.74. The van der Waals surface area contributed by atoms with E-state index in [2.05, 4.69) is 9.97 Å². The van der Waals surface area contributed by atoms with Crippen molar-refractivity contribution in [3.05, 3.63) is 84.2 Å². The molecule has 4 aromatic rings. The third-order valence-electron chi connectivity index (χ3n) is 3.98. The number of rotatable bonds is 4. The summed E-state index contributed by atoms with van der Waals surface area (Å²) in [4.78, 5) is 30.6. The fourth-order valence-corrected chi connectivity index (χ4v) is 2.74. The van der Waals surface area contributed by atoms with E-state index in [-0.39, 0.29) is 11.6 Å². The van der Waals surface area contributed by atoms with Gasteiger partial charge in [-0.25, -0.2) is 0 Å². The van der Waals surface area contributed by atoms with Crippen molar-refractivity contribution in [2.75, 3.05) is 0 Å². The zero-order valence-corrected chi connectivity index (χ0v) is 12.7. The fraction of sp³-hybridized carbons (Fsp3) is 0. The minimum atomic E-state index is -0.226. The van der Waals surface area contributed by atoms with E-state index in [1.165, 1.54) is 12.2 Å². The number of carbonyl (C=O) groups excluding carboxylic acids is 2. The summed E-state index contributed by atoms with van der Waals surface area (Å²) in [7, 11) is 0. The molecule has 4 heteroatoms. The molecular weight excluding hydrogens is 300 g/mol. The van der Waals surface area contributed by atoms with E-state index in [0.29, 0.717) is 11.4 Å². The first-order valence-corrected chi connectivity index (χ1v) is 7.63. The molecule has 0 amide bonds. The van der Waals surface area contributed by atoms with Gasteiger partial charge in [-0.05, 0) is 36.4 Å². The van der Waals surface area contributed by atoms with Crippen molar-refractivity contribution >= 4 is 33.4 Å². The highest BCUT2D eigenvalue weighted by Gasteiger charge is 2.09. The molecule has 0 bridgehead atoms. The van der Waals surface area contributed by atoms with Gasteiger partial charge in [-0.1, -0.05) is 36.4 Å². The Morgan fingerprint density at radius 1 is 0.667 bits per heavy atom. The number of allylic oxidation sites excluding steroid dienone is 2. The molecule has 4 nitrogen and oxygen atoms in total. The van der Waals surface area contributed by atoms with Crippen molar-refractivity contribution < 1.29 is 9.59 Å². The molecule has 2 aromatic carbocycles. The number of hydrogen-bond acceptors (Lipinski definition) is 2. The molecule has 0 aliphatic carbocycles. The standard InChI is InChI=1S/C20H14N2O2/c23-19(17-11-13-5-1-3-7-15(13)21-17)9-10-20(24)18-12-14-6-2-4-8-16(14)22-18/h1-12,21-22H/b10-9-. The molecule has 0 atom stereocenters. The highest BCUT2D eigenvalue weighted by Crippen LogP contribution is 2.17. The van der Waals surface area contributed by atoms with Crippen LogP contribution in [0, 0.1) is 0 Å². The van der Waals surface area contributed by atoms with Crippen molar-refractivity contribution in [1.82, 2.24) is 9.97 Å². The van der Waals surface area contributed by atoms with Gasteiger partial charge in [-0.15, -0.1) is 0 Å². The van der Waals surface area contributed by atoms with Gasteiger partial charge >= 0.3 is 0 Å². The summed E-state index contributed by atoms with van der Waals surface area (Å²) in [5.74, 6) is -0.452. The summed E-state index contributed by atoms with van der Waals surface area (Å²) in [5, 5.41) is 1.94. The Labute approximate surface area is 137 Å². The van der Waals surface area contributed by atoms with Gasteiger partial charge in [0.25, 0.3) is 0 Å². The lowest BCUT2D eigenvalue weighted by Crippen LogP contribution is -1.98. The van der Waals surface area contributed by atoms with Gasteiger partial charge in [-0.2, -0.15) is 0 Å². The van der Waals surface area contributed by atoms with Crippen molar-refractivity contribution in [3.63, 3.8) is 0 Å². The SMILES string of the molecule is O=C(/C=C\C(=O)c1cc2ccccc2[nH]1)c1cc2ccccc2[nH]1. The Morgan fingerprint density at radius 3 is 1.50 bits per heavy atom. The Kier molecular flexibility index (Phi) is 3.35. The average Bonchev–Trinajstić information content (AvgIpc) is 3.23. The van der Waals surface area contributed by atoms with Crippen LogP contribution in [0.5, 0.6) is 0 Å². The highest BCUT2D eigenvalue weighted by atomic mass is 16.1. The number of para-hydroxylation sites is 2. The molecule has 116 valence electrons. The summed E-state index contributed by atoms with van der Waals surface area (Å²) in [6.45, 7) is 0. The van der Waals surface area contributed by atoms with Gasteiger partial charge in [0.2, 0.25) is 11.6 Å². The molecule has 0 unspecified atom stereocenters. The van der Waals surface area contributed by atoms with Crippen LogP contribution in [0.3, 0.4) is 0 Å². The summed E-state index contributed by atoms with van der Waals surface area (Å²) < 4.78 is 0. The van der Waals surface area contributed by atoms with Crippen LogP contribution in [-0.4, -0.2) is 21.5 Å². The molecule has 0 fully saturated rings. The molecular formula is C20H14N2O2. The van der Waals surface area contributed by atoms with Crippen LogP contribution >= 0.6 is 0 Å². The smallest absolute Gasteiger partial charge is 0.202 e. The van der Waals surface area contributed by atoms with E-state index >= 15 is 0 Å². The Balaban J connectivity index is 1.57. The summed E-state index contributed by atoms with van der Waals surface area (Å²) in [5.41, 5.74) is 2.74. The Bertz CT molecular complexity index is 945. The number of hydrogen-bond donors (Lipinski definition) is 2. The van der Waals surface area contributed by atoms with Crippen molar-refractivity contribution in [2.24, 2.45) is 0 Å². The predicted octanol–water partition coefficient (Wildman–Crippen LogP) is 4.27. The maximum absolute atomic E-state index is 12.2. The minimum absolute atomic E-state index is 0.226. The monoisotopic (exact) mass is 314 g/mol. The normalized spacial score (nSPS) is 11.5. The number of fused-ring (bicyclic) bond motifs is 2. The van der Waals surface area contributed by atoms with Crippen molar-refractivity contribution in [3.8, 4) is 0 Å². The van der Waals surface area contributed by atoms with Crippen molar-refractivity contribution in [1.29, 1.82) is 0 Å². The first kappa shape index (κ1) is 14.2. The molecule has 2 aromatic heterocycles. The minimum Gasteiger partial charge on any atom is -0.352 e. The third kappa shape index (κ3) is 2.54. The Morgan fingerprint density at radius 2 is 1.08 bits per heavy atom. The molecule has 0 saturated carbocycles. The first-order valence-electron chi connectivity index (χ1n) is 7.63. The number of carbonyl (C=O) groups is 2. The van der Waals surface area contributed by atoms with Gasteiger partial charge in [0.05, 0.1) is 11.4 Å². The van der Waals surface area contributed by atoms with E-state index in [1.807, 2.05) is 48.5 Å². The molecule has 4 rings (SSSR count). The molecule has 0 spiro atoms. The van der Waals surface area contributed by atoms with Crippen LogP contribution in [0.2, 0.25) is 0 Å². The second kappa shape index (κ2) is 5.66. The zero-order valence-electron chi connectivity index (χ0n) is 12.7. The number of benzene rings is 2. The van der Waals surface area contributed by atoms with Crippen LogP contribution in [-0.2, 0) is 0 Å². The highest BCUT2D eigenvalue weighted by molar-refractivity contribution is 6.12. The van der Waals surface area contributed by atoms with E-state index in [9.17, 15) is 9.59 Å². The molecule has 24 heavy (non-hydrogen) atoms. The molecule has 0 aliphatic heterocycles. The number of H-pyrrole nitrogens is 2. The van der Waals surface area contributed by atoms with Gasteiger partial charge in [0, 0.05) is 21.8 Å². The van der Waals surface area contributed by atoms with Gasteiger partial charge in [0.15, 0.2) is 0 Å². The quantitative estimate of drug-likeness (QED) is 0.436. The van der Waals surface area contributed by atoms with E-state index < -0.39 is 0 Å². The second-order valence-corrected chi connectivity index (χ2v) is 5.60. The summed E-state index contributed by atoms with van der Waals surface area (Å²) in [6.07, 6.45) is 2.61. The lowest BCUT2D eigenvalue weighted by molar-refractivity contribution is 0.101. The maximum Gasteiger partial charge on any atom is 0.202 e. The van der Waals surface area contributed by atoms with E-state index in [1.54, 1.807) is 12.1 Å². The summed E-state index contributed by atoms with van der Waals surface area (Å²) in [6, 6.07) is 18.9. The van der Waals surface area contributed by atoms with Crippen LogP contribution in [0.15, 0.2) is 72.8 Å². The lowest BCUT2D eigenvalue weighted by Gasteiger charge is -1.91. The van der Waals surface area contributed by atoms with Gasteiger partial charge in [-0.3, -0.25) is 9.59 Å². The largest absolute Gasteiger partial charge is 0.352 e. The zero-order chi connectivity index (χ0) is 16.5. The third-order valence-corrected chi connectivity index (χ3v) is 3.98. The van der Waals surface area contributed by atoms with Crippen molar-refractivity contribution in [2.45, 2.75) is 0 Å². The molecule has 0 radical (unpaired) electrons. The number of nitrogens with one attached hydrogen (secondary N) is 2. The van der Waals surface area contributed by atoms with E-state index in [4.69, 9.17) is 0 Å². The molecule has 0 saturated heterocycles. The molecule has 2 heterocycles.